The van der Waals surface area contributed by atoms with Crippen LogP contribution in [0.5, 0.6) is 0 Å². The number of likely N-dealkylation sites (tertiary alicyclic amines) is 1. The summed E-state index contributed by atoms with van der Waals surface area (Å²) in [5.74, 6) is -3.89. The summed E-state index contributed by atoms with van der Waals surface area (Å²) < 4.78 is 62.4. The predicted molar refractivity (Wildman–Crippen MR) is 273 cm³/mol. The number of pyridine rings is 1. The van der Waals surface area contributed by atoms with Gasteiger partial charge in [-0.05, 0) is 98.8 Å². The minimum absolute atomic E-state index is 0.0409. The molecule has 0 saturated carbocycles. The third kappa shape index (κ3) is 12.0. The molecule has 2 fully saturated rings. The number of benzene rings is 3. The molecule has 2 aliphatic rings. The van der Waals surface area contributed by atoms with Gasteiger partial charge in [-0.3, -0.25) is 29.1 Å². The van der Waals surface area contributed by atoms with Gasteiger partial charge in [0.05, 0.1) is 57.1 Å². The molecule has 3 atom stereocenters. The SMILES string of the molecule is Cc1ncsc1-c1ccc(CNC(=O)[C@@H]2C[C@@H](O)CN2C(=O)[C@@H](NC(=O)COCCCCNc2ccc(-c3ccc(N4C(=S)N(c5ccc(C#N)c(C(F)(F)F)c5F)C(=O)C4(C)C)cn3)cc2)C(C)(C)C)cc1. The lowest BCUT2D eigenvalue weighted by Crippen LogP contribution is -2.58. The number of halogens is 4. The van der Waals surface area contributed by atoms with Gasteiger partial charge in [-0.2, -0.15) is 18.4 Å². The number of carbonyl (C=O) groups excluding carboxylic acids is 4. The first-order valence-corrected chi connectivity index (χ1v) is 24.7. The van der Waals surface area contributed by atoms with Crippen molar-refractivity contribution in [1.82, 2.24) is 25.5 Å². The Bertz CT molecular complexity index is 2900. The number of aromatic nitrogens is 2. The molecule has 4 N–H and O–H groups in total. The van der Waals surface area contributed by atoms with Gasteiger partial charge in [0.15, 0.2) is 10.9 Å². The molecule has 3 aromatic carbocycles. The molecule has 5 aromatic rings. The smallest absolute Gasteiger partial charge is 0.391 e. The number of β-amino-alcohol motifs (C(OH)–C–C–N with tert-alkyl or cyclic N) is 1. The number of unbranched alkanes of at least 4 members (excludes halogenated alkanes) is 1. The maximum Gasteiger partial charge on any atom is 0.420 e. The molecule has 0 unspecified atom stereocenters. The number of anilines is 3. The van der Waals surface area contributed by atoms with Crippen LogP contribution in [0.4, 0.5) is 34.6 Å². The second-order valence-electron chi connectivity index (χ2n) is 19.4. The predicted octanol–water partition coefficient (Wildman–Crippen LogP) is 8.14. The lowest BCUT2D eigenvalue weighted by molar-refractivity contribution is -0.144. The largest absolute Gasteiger partial charge is 0.420 e. The first-order valence-electron chi connectivity index (χ1n) is 23.4. The van der Waals surface area contributed by atoms with Gasteiger partial charge in [-0.15, -0.1) is 11.3 Å². The molecule has 4 amide bonds. The summed E-state index contributed by atoms with van der Waals surface area (Å²) in [6, 6.07) is 19.8. The fourth-order valence-electron chi connectivity index (χ4n) is 8.71. The number of nitrogens with one attached hydrogen (secondary N) is 3. The number of rotatable bonds is 17. The number of nitriles is 1. The van der Waals surface area contributed by atoms with Crippen molar-refractivity contribution in [2.75, 3.05) is 41.4 Å². The van der Waals surface area contributed by atoms with Crippen LogP contribution < -0.4 is 25.8 Å². The summed E-state index contributed by atoms with van der Waals surface area (Å²) >= 11 is 7.10. The van der Waals surface area contributed by atoms with Crippen LogP contribution in [0.15, 0.2) is 84.5 Å². The van der Waals surface area contributed by atoms with Gasteiger partial charge in [0.1, 0.15) is 29.8 Å². The van der Waals surface area contributed by atoms with E-state index in [9.17, 15) is 42.7 Å². The van der Waals surface area contributed by atoms with E-state index in [-0.39, 0.29) is 37.8 Å². The molecule has 4 heterocycles. The van der Waals surface area contributed by atoms with E-state index in [1.165, 1.54) is 35.9 Å². The number of aryl methyl sites for hydroxylation is 1. The summed E-state index contributed by atoms with van der Waals surface area (Å²) in [5.41, 5.74) is 1.59. The molecule has 0 aliphatic carbocycles. The Balaban J connectivity index is 0.847. The number of amides is 4. The van der Waals surface area contributed by atoms with E-state index in [2.05, 4.69) is 25.9 Å². The Morgan fingerprint density at radius 1 is 1.00 bits per heavy atom. The zero-order valence-corrected chi connectivity index (χ0v) is 42.6. The van der Waals surface area contributed by atoms with Gasteiger partial charge in [0.25, 0.3) is 5.91 Å². The van der Waals surface area contributed by atoms with Crippen molar-refractivity contribution in [3.8, 4) is 27.8 Å². The van der Waals surface area contributed by atoms with Crippen molar-refractivity contribution >= 4 is 69.4 Å². The van der Waals surface area contributed by atoms with E-state index in [4.69, 9.17) is 17.0 Å². The first kappa shape index (κ1) is 53.9. The average Bonchev–Trinajstić information content (AvgIpc) is 4.01. The Hall–Kier alpha value is -6.86. The van der Waals surface area contributed by atoms with Gasteiger partial charge in [-0.1, -0.05) is 57.2 Å². The number of thiocarbonyl (C=S) groups is 1. The number of aliphatic hydroxyl groups is 1. The highest BCUT2D eigenvalue weighted by Gasteiger charge is 2.52. The van der Waals surface area contributed by atoms with E-state index < -0.39 is 81.6 Å². The van der Waals surface area contributed by atoms with Crippen LogP contribution in [0.2, 0.25) is 0 Å². The minimum atomic E-state index is -5.20. The highest BCUT2D eigenvalue weighted by Crippen LogP contribution is 2.42. The first-order chi connectivity index (χ1) is 34.5. The highest BCUT2D eigenvalue weighted by atomic mass is 32.1. The van der Waals surface area contributed by atoms with Crippen molar-refractivity contribution in [2.24, 2.45) is 5.41 Å². The van der Waals surface area contributed by atoms with Crippen molar-refractivity contribution in [3.05, 3.63) is 113 Å². The van der Waals surface area contributed by atoms with Gasteiger partial charge in [0.2, 0.25) is 17.7 Å². The molecule has 73 heavy (non-hydrogen) atoms. The molecule has 0 spiro atoms. The molecule has 2 aromatic heterocycles. The number of hydrogen-bond donors (Lipinski definition) is 4. The van der Waals surface area contributed by atoms with Gasteiger partial charge < -0.3 is 35.6 Å². The van der Waals surface area contributed by atoms with Crippen molar-refractivity contribution < 1.29 is 46.6 Å². The molecule has 2 saturated heterocycles. The zero-order chi connectivity index (χ0) is 53.0. The highest BCUT2D eigenvalue weighted by molar-refractivity contribution is 7.81. The molecular formula is C52H55F4N9O6S2. The topological polar surface area (TPSA) is 193 Å². The monoisotopic (exact) mass is 1040 g/mol. The fourth-order valence-corrected chi connectivity index (χ4v) is 10.0. The quantitative estimate of drug-likeness (QED) is 0.0398. The number of thiazole rings is 1. The summed E-state index contributed by atoms with van der Waals surface area (Å²) in [6.07, 6.45) is -3.22. The third-order valence-electron chi connectivity index (χ3n) is 12.6. The fraction of sp³-hybridized carbons (Fsp3) is 0.385. The van der Waals surface area contributed by atoms with Crippen LogP contribution >= 0.6 is 23.6 Å². The van der Waals surface area contributed by atoms with Gasteiger partial charge in [0, 0.05) is 43.9 Å². The minimum Gasteiger partial charge on any atom is -0.391 e. The van der Waals surface area contributed by atoms with Crippen LogP contribution in [0, 0.1) is 29.5 Å². The molecule has 0 radical (unpaired) electrons. The molecule has 0 bridgehead atoms. The number of aliphatic hydroxyl groups excluding tert-OH is 1. The second kappa shape index (κ2) is 22.1. The van der Waals surface area contributed by atoms with E-state index in [1.807, 2.05) is 76.2 Å². The molecule has 2 aliphatic heterocycles. The Morgan fingerprint density at radius 3 is 2.32 bits per heavy atom. The Morgan fingerprint density at radius 2 is 1.70 bits per heavy atom. The third-order valence-corrected chi connectivity index (χ3v) is 14.0. The summed E-state index contributed by atoms with van der Waals surface area (Å²) in [4.78, 5) is 67.5. The number of ether oxygens (including phenoxy) is 1. The lowest BCUT2D eigenvalue weighted by Gasteiger charge is -2.35. The Kier molecular flexibility index (Phi) is 16.3. The van der Waals surface area contributed by atoms with E-state index in [1.54, 1.807) is 29.0 Å². The van der Waals surface area contributed by atoms with Crippen LogP contribution in [0.1, 0.15) is 76.3 Å². The second-order valence-corrected chi connectivity index (χ2v) is 20.6. The summed E-state index contributed by atoms with van der Waals surface area (Å²) in [5, 5.41) is 28.6. The molecular weight excluding hydrogens is 987 g/mol. The van der Waals surface area contributed by atoms with E-state index >= 15 is 4.39 Å². The van der Waals surface area contributed by atoms with Crippen LogP contribution in [-0.4, -0.2) is 98.7 Å². The maximum absolute atomic E-state index is 15.4. The van der Waals surface area contributed by atoms with Crippen molar-refractivity contribution in [2.45, 2.75) is 97.3 Å². The summed E-state index contributed by atoms with van der Waals surface area (Å²) in [6.45, 7) is 11.2. The normalized spacial score (nSPS) is 17.2. The molecule has 7 rings (SSSR count). The summed E-state index contributed by atoms with van der Waals surface area (Å²) in [7, 11) is 0. The van der Waals surface area contributed by atoms with Gasteiger partial charge in [-0.25, -0.2) is 9.37 Å². The van der Waals surface area contributed by atoms with Crippen LogP contribution in [0.25, 0.3) is 21.7 Å². The molecule has 384 valence electrons. The van der Waals surface area contributed by atoms with Crippen molar-refractivity contribution in [1.29, 1.82) is 5.26 Å². The number of hydrogen-bond acceptors (Lipinski definition) is 12. The number of carbonyl (C=O) groups is 4. The molecule has 15 nitrogen and oxygen atoms in total. The average molecular weight is 1040 g/mol. The zero-order valence-electron chi connectivity index (χ0n) is 41.0. The maximum atomic E-state index is 15.4. The van der Waals surface area contributed by atoms with Crippen LogP contribution in [0.3, 0.4) is 0 Å². The lowest BCUT2D eigenvalue weighted by atomic mass is 9.85. The number of nitrogens with zero attached hydrogens (tertiary/aromatic N) is 6. The molecule has 21 heteroatoms. The van der Waals surface area contributed by atoms with E-state index in [0.29, 0.717) is 35.7 Å². The van der Waals surface area contributed by atoms with Gasteiger partial charge >= 0.3 is 6.18 Å². The Labute approximate surface area is 429 Å². The number of alkyl halides is 3. The van der Waals surface area contributed by atoms with E-state index in [0.717, 1.165) is 45.1 Å². The van der Waals surface area contributed by atoms with Crippen LogP contribution in [-0.2, 0) is 36.6 Å². The standard InChI is InChI=1S/C52H55F4N9O6S2/c1-30-44(73-29-61-30)33-11-9-31(10-12-33)25-60-46(68)40-23-37(66)27-63(40)47(69)45(50(2,3)4)62-41(67)28-71-22-8-7-21-58-35-16-13-32(14-17-35)38-19-18-36(26-59-38)65-49(72)64(48(70)51(65,5)6)39-20-15-34(24-57)42(43(39)53)52(54,55)56/h9-20,26,29,37,40,45,58,66H,7-8,21-23,25,27-28H2,1-6H3,(H,60,68)(H,62,67)/t37-,40+,45-/m1/s1. The van der Waals surface area contributed by atoms with Crippen molar-refractivity contribution in [3.63, 3.8) is 0 Å².